The fourth-order valence-electron chi connectivity index (χ4n) is 1.80. The van der Waals surface area contributed by atoms with E-state index >= 15 is 0 Å². The molecule has 1 aromatic heterocycles. The second-order valence-electron chi connectivity index (χ2n) is 3.87. The van der Waals surface area contributed by atoms with E-state index in [1.54, 1.807) is 4.57 Å². The molecule has 0 unspecified atom stereocenters. The van der Waals surface area contributed by atoms with Crippen LogP contribution in [0.1, 0.15) is 18.7 Å². The first-order valence-corrected chi connectivity index (χ1v) is 5.17. The molecule has 0 bridgehead atoms. The van der Waals surface area contributed by atoms with Crippen LogP contribution in [-0.2, 0) is 24.3 Å². The average molecular weight is 223 g/mol. The zero-order chi connectivity index (χ0) is 11.7. The summed E-state index contributed by atoms with van der Waals surface area (Å²) >= 11 is 0. The molecule has 0 saturated heterocycles. The van der Waals surface area contributed by atoms with Crippen LogP contribution < -0.4 is 5.69 Å². The van der Waals surface area contributed by atoms with Gasteiger partial charge in [0.25, 0.3) is 0 Å². The Hall–Kier alpha value is -1.85. The van der Waals surface area contributed by atoms with Crippen molar-refractivity contribution in [2.45, 2.75) is 32.4 Å². The summed E-state index contributed by atoms with van der Waals surface area (Å²) in [7, 11) is 0. The number of nitrogens with zero attached hydrogens (tertiary/aromatic N) is 3. The molecule has 2 rings (SSSR count). The maximum Gasteiger partial charge on any atom is 0.346 e. The van der Waals surface area contributed by atoms with E-state index < -0.39 is 5.97 Å². The number of aryl methyl sites for hydroxylation is 1. The molecule has 0 spiro atoms. The fraction of sp³-hybridized carbons (Fsp3) is 0.500. The summed E-state index contributed by atoms with van der Waals surface area (Å²) in [5.41, 5.74) is -0.269. The number of carboxylic acids is 1. The van der Waals surface area contributed by atoms with E-state index in [1.165, 1.54) is 4.68 Å². The van der Waals surface area contributed by atoms with Crippen molar-refractivity contribution in [2.75, 3.05) is 0 Å². The quantitative estimate of drug-likeness (QED) is 0.733. The van der Waals surface area contributed by atoms with Crippen molar-refractivity contribution in [2.24, 2.45) is 0 Å². The first kappa shape index (κ1) is 10.7. The third kappa shape index (κ3) is 1.78. The lowest BCUT2D eigenvalue weighted by atomic mass is 10.2. The molecule has 6 heteroatoms. The van der Waals surface area contributed by atoms with Crippen molar-refractivity contribution in [3.63, 3.8) is 0 Å². The van der Waals surface area contributed by atoms with Crippen LogP contribution in [-0.4, -0.2) is 25.4 Å². The van der Waals surface area contributed by atoms with Crippen LogP contribution in [0.3, 0.4) is 0 Å². The molecule has 1 aliphatic rings. The van der Waals surface area contributed by atoms with E-state index in [2.05, 4.69) is 11.7 Å². The van der Waals surface area contributed by atoms with E-state index in [0.717, 1.165) is 25.1 Å². The Bertz CT molecular complexity index is 498. The molecule has 2 heterocycles. The van der Waals surface area contributed by atoms with E-state index in [-0.39, 0.29) is 17.8 Å². The van der Waals surface area contributed by atoms with Crippen LogP contribution in [0, 0.1) is 0 Å². The standard InChI is InChI=1S/C10H13N3O3/c1-7(9(14)15)6-13-10(16)12-5-3-2-4-8(12)11-13/h1-6H2,(H,14,15). The lowest BCUT2D eigenvalue weighted by molar-refractivity contribution is -0.132. The summed E-state index contributed by atoms with van der Waals surface area (Å²) in [6.45, 7) is 4.02. The van der Waals surface area contributed by atoms with Gasteiger partial charge in [-0.05, 0) is 12.8 Å². The molecule has 6 nitrogen and oxygen atoms in total. The summed E-state index contributed by atoms with van der Waals surface area (Å²) in [4.78, 5) is 22.4. The van der Waals surface area contributed by atoms with Crippen molar-refractivity contribution in [3.05, 3.63) is 28.5 Å². The maximum atomic E-state index is 11.8. The fourth-order valence-corrected chi connectivity index (χ4v) is 1.80. The third-order valence-electron chi connectivity index (χ3n) is 2.67. The Morgan fingerprint density at radius 2 is 2.25 bits per heavy atom. The molecule has 0 radical (unpaired) electrons. The van der Waals surface area contributed by atoms with Gasteiger partial charge in [0.1, 0.15) is 5.82 Å². The van der Waals surface area contributed by atoms with Crippen molar-refractivity contribution < 1.29 is 9.90 Å². The largest absolute Gasteiger partial charge is 0.478 e. The molecule has 0 atom stereocenters. The number of carboxylic acid groups (broad SMARTS) is 1. The lowest BCUT2D eigenvalue weighted by Gasteiger charge is -2.09. The lowest BCUT2D eigenvalue weighted by Crippen LogP contribution is -2.28. The van der Waals surface area contributed by atoms with Gasteiger partial charge in [0.15, 0.2) is 0 Å². The van der Waals surface area contributed by atoms with Crippen molar-refractivity contribution in [1.82, 2.24) is 14.3 Å². The minimum absolute atomic E-state index is 0.0300. The molecule has 86 valence electrons. The Kier molecular flexibility index (Phi) is 2.64. The second-order valence-corrected chi connectivity index (χ2v) is 3.87. The number of carbonyl (C=O) groups is 1. The molecule has 1 aliphatic heterocycles. The predicted octanol–water partition coefficient (Wildman–Crippen LogP) is 0.0219. The van der Waals surface area contributed by atoms with E-state index in [0.29, 0.717) is 6.54 Å². The summed E-state index contributed by atoms with van der Waals surface area (Å²) in [6.07, 6.45) is 2.77. The molecule has 1 aromatic rings. The van der Waals surface area contributed by atoms with E-state index in [9.17, 15) is 9.59 Å². The van der Waals surface area contributed by atoms with Gasteiger partial charge in [0, 0.05) is 13.0 Å². The zero-order valence-electron chi connectivity index (χ0n) is 8.85. The Labute approximate surface area is 91.8 Å². The molecule has 0 aliphatic carbocycles. The number of fused-ring (bicyclic) bond motifs is 1. The second kappa shape index (κ2) is 3.96. The van der Waals surface area contributed by atoms with Gasteiger partial charge in [0.05, 0.1) is 12.1 Å². The smallest absolute Gasteiger partial charge is 0.346 e. The van der Waals surface area contributed by atoms with Crippen molar-refractivity contribution >= 4 is 5.97 Å². The van der Waals surface area contributed by atoms with Crippen LogP contribution in [0.4, 0.5) is 0 Å². The monoisotopic (exact) mass is 223 g/mol. The Morgan fingerprint density at radius 1 is 1.50 bits per heavy atom. The summed E-state index contributed by atoms with van der Waals surface area (Å²) in [5.74, 6) is -0.354. The highest BCUT2D eigenvalue weighted by molar-refractivity contribution is 5.85. The summed E-state index contributed by atoms with van der Waals surface area (Å²) < 4.78 is 2.79. The van der Waals surface area contributed by atoms with Crippen LogP contribution in [0.25, 0.3) is 0 Å². The van der Waals surface area contributed by atoms with Crippen molar-refractivity contribution in [3.8, 4) is 0 Å². The molecular formula is C10H13N3O3. The molecule has 1 N–H and O–H groups in total. The zero-order valence-corrected chi connectivity index (χ0v) is 8.85. The number of rotatable bonds is 3. The van der Waals surface area contributed by atoms with Crippen LogP contribution >= 0.6 is 0 Å². The maximum absolute atomic E-state index is 11.8. The third-order valence-corrected chi connectivity index (χ3v) is 2.67. The SMILES string of the molecule is C=C(Cn1nc2n(c1=O)CCCC2)C(=O)O. The van der Waals surface area contributed by atoms with Gasteiger partial charge >= 0.3 is 11.7 Å². The normalized spacial score (nSPS) is 14.5. The highest BCUT2D eigenvalue weighted by atomic mass is 16.4. The molecule has 16 heavy (non-hydrogen) atoms. The van der Waals surface area contributed by atoms with Gasteiger partial charge in [-0.1, -0.05) is 6.58 Å². The first-order chi connectivity index (χ1) is 7.59. The van der Waals surface area contributed by atoms with Crippen LogP contribution in [0.5, 0.6) is 0 Å². The summed E-state index contributed by atoms with van der Waals surface area (Å²) in [5, 5.41) is 12.8. The van der Waals surface area contributed by atoms with E-state index in [1.807, 2.05) is 0 Å². The number of hydrogen-bond donors (Lipinski definition) is 1. The summed E-state index contributed by atoms with van der Waals surface area (Å²) in [6, 6.07) is 0. The van der Waals surface area contributed by atoms with Gasteiger partial charge in [0.2, 0.25) is 0 Å². The van der Waals surface area contributed by atoms with Gasteiger partial charge in [-0.25, -0.2) is 14.3 Å². The highest BCUT2D eigenvalue weighted by Gasteiger charge is 2.17. The number of hydrogen-bond acceptors (Lipinski definition) is 3. The molecule has 0 amide bonds. The topological polar surface area (TPSA) is 77.1 Å². The van der Waals surface area contributed by atoms with Gasteiger partial charge < -0.3 is 5.11 Å². The minimum Gasteiger partial charge on any atom is -0.478 e. The minimum atomic E-state index is -1.10. The van der Waals surface area contributed by atoms with Gasteiger partial charge in [-0.2, -0.15) is 5.10 Å². The molecular weight excluding hydrogens is 210 g/mol. The Morgan fingerprint density at radius 3 is 2.88 bits per heavy atom. The molecule has 0 fully saturated rings. The number of aliphatic carboxylic acids is 1. The predicted molar refractivity (Wildman–Crippen MR) is 56.2 cm³/mol. The molecule has 0 saturated carbocycles. The molecule has 0 aromatic carbocycles. The number of aromatic nitrogens is 3. The van der Waals surface area contributed by atoms with Crippen LogP contribution in [0.2, 0.25) is 0 Å². The van der Waals surface area contributed by atoms with Gasteiger partial charge in [-0.3, -0.25) is 4.57 Å². The first-order valence-electron chi connectivity index (χ1n) is 5.17. The van der Waals surface area contributed by atoms with Gasteiger partial charge in [-0.15, -0.1) is 0 Å². The van der Waals surface area contributed by atoms with E-state index in [4.69, 9.17) is 5.11 Å². The van der Waals surface area contributed by atoms with Crippen LogP contribution in [0.15, 0.2) is 16.9 Å². The Balaban J connectivity index is 2.29. The van der Waals surface area contributed by atoms with Crippen molar-refractivity contribution in [1.29, 1.82) is 0 Å². The highest BCUT2D eigenvalue weighted by Crippen LogP contribution is 2.09. The average Bonchev–Trinajstić information content (AvgIpc) is 2.56.